The van der Waals surface area contributed by atoms with Crippen LogP contribution in [-0.2, 0) is 4.74 Å². The average Bonchev–Trinajstić information content (AvgIpc) is 3.69. The summed E-state index contributed by atoms with van der Waals surface area (Å²) in [7, 11) is 1.71. The van der Waals surface area contributed by atoms with E-state index in [-0.39, 0.29) is 77.7 Å². The zero-order chi connectivity index (χ0) is 33.5. The second kappa shape index (κ2) is 11.8. The number of fused-ring (bicyclic) bond motifs is 4. The molecule has 2 aromatic heterocycles. The summed E-state index contributed by atoms with van der Waals surface area (Å²) in [4.78, 5) is 14.4. The van der Waals surface area contributed by atoms with Gasteiger partial charge in [0, 0.05) is 37.1 Å². The summed E-state index contributed by atoms with van der Waals surface area (Å²) in [5.74, 6) is 0.245. The van der Waals surface area contributed by atoms with Crippen molar-refractivity contribution in [1.82, 2.24) is 14.9 Å². The van der Waals surface area contributed by atoms with E-state index >= 15 is 8.78 Å². The van der Waals surface area contributed by atoms with Crippen LogP contribution in [0.1, 0.15) is 51.5 Å². The van der Waals surface area contributed by atoms with Crippen LogP contribution in [0.15, 0.2) is 12.1 Å². The first-order chi connectivity index (χ1) is 23.1. The molecule has 8 rings (SSSR count). The molecule has 0 saturated carbocycles. The van der Waals surface area contributed by atoms with Crippen LogP contribution in [0.3, 0.4) is 0 Å². The van der Waals surface area contributed by atoms with Crippen molar-refractivity contribution < 1.29 is 23.0 Å². The molecule has 0 amide bonds. The second-order valence-electron chi connectivity index (χ2n) is 13.9. The molecule has 4 unspecified atom stereocenters. The third-order valence-corrected chi connectivity index (χ3v) is 12.5. The van der Waals surface area contributed by atoms with E-state index < -0.39 is 11.6 Å². The van der Waals surface area contributed by atoms with E-state index in [4.69, 9.17) is 41.5 Å². The van der Waals surface area contributed by atoms with Gasteiger partial charge >= 0.3 is 6.01 Å². The number of hydrogen-bond donors (Lipinski definition) is 1. The van der Waals surface area contributed by atoms with Crippen LogP contribution < -0.4 is 20.1 Å². The lowest BCUT2D eigenvalue weighted by atomic mass is 9.89. The van der Waals surface area contributed by atoms with Gasteiger partial charge in [-0.3, -0.25) is 4.90 Å². The van der Waals surface area contributed by atoms with E-state index in [1.54, 1.807) is 7.11 Å². The molecule has 2 aromatic carbocycles. The van der Waals surface area contributed by atoms with Crippen LogP contribution in [0, 0.1) is 34.8 Å². The third-order valence-electron chi connectivity index (χ3n) is 11.1. The average molecular weight is 695 g/mol. The molecule has 0 aliphatic carbocycles. The summed E-state index contributed by atoms with van der Waals surface area (Å²) in [6, 6.07) is 4.77. The lowest BCUT2D eigenvalue weighted by Crippen LogP contribution is -2.48. The molecular formula is C35H37ClF2N6O3S. The van der Waals surface area contributed by atoms with Crippen molar-refractivity contribution >= 4 is 54.7 Å². The molecule has 9 nitrogen and oxygen atoms in total. The van der Waals surface area contributed by atoms with Crippen molar-refractivity contribution in [2.75, 3.05) is 50.6 Å². The molecule has 5 atom stereocenters. The molecule has 4 aliphatic heterocycles. The van der Waals surface area contributed by atoms with E-state index in [1.807, 2.05) is 0 Å². The Labute approximate surface area is 286 Å². The monoisotopic (exact) mass is 694 g/mol. The number of ether oxygens (including phenoxy) is 3. The van der Waals surface area contributed by atoms with Crippen LogP contribution in [0.2, 0.25) is 5.02 Å². The summed E-state index contributed by atoms with van der Waals surface area (Å²) in [6.07, 6.45) is 4.91. The largest absolute Gasteiger partial charge is 0.489 e. The number of halogens is 3. The van der Waals surface area contributed by atoms with Crippen molar-refractivity contribution in [2.24, 2.45) is 11.8 Å². The highest BCUT2D eigenvalue weighted by molar-refractivity contribution is 7.23. The standard InChI is InChI=1S/C35H37ClF2N6O3S/c1-17-11-35(9-4-10-43(35)13-17)16-47-34-41-29-26-30(46-15-20-6-5-19(18(2)45-3)14-44(20)33(26)42-34)27(36)25(28(29)38)21-7-8-23(37)31-24(21)22(12-39)32(40)48-31/h7-8,17-20H,4-6,9-11,13-16,40H2,1-3H3/t17-,18?,19?,20?,35?/m1/s1. The number of nitrogens with zero attached hydrogens (tertiary/aromatic N) is 5. The summed E-state index contributed by atoms with van der Waals surface area (Å²) in [6.45, 7) is 7.72. The highest BCUT2D eigenvalue weighted by atomic mass is 35.5. The van der Waals surface area contributed by atoms with Crippen molar-refractivity contribution in [3.63, 3.8) is 0 Å². The van der Waals surface area contributed by atoms with E-state index in [0.29, 0.717) is 36.9 Å². The molecule has 2 N–H and O–H groups in total. The number of methoxy groups -OCH3 is 1. The normalized spacial score (nSPS) is 25.9. The van der Waals surface area contributed by atoms with Crippen molar-refractivity contribution in [1.29, 1.82) is 5.26 Å². The smallest absolute Gasteiger partial charge is 0.319 e. The predicted octanol–water partition coefficient (Wildman–Crippen LogP) is 7.16. The Hall–Kier alpha value is -3.50. The summed E-state index contributed by atoms with van der Waals surface area (Å²) in [5.41, 5.74) is 6.30. The van der Waals surface area contributed by atoms with Gasteiger partial charge in [0.15, 0.2) is 11.6 Å². The number of thiophene rings is 1. The Morgan fingerprint density at radius 3 is 2.88 bits per heavy atom. The van der Waals surface area contributed by atoms with Gasteiger partial charge in [-0.05, 0) is 63.1 Å². The number of hydrogen-bond acceptors (Lipinski definition) is 10. The Morgan fingerprint density at radius 2 is 2.08 bits per heavy atom. The number of nitrogen functional groups attached to an aromatic ring is 1. The Bertz CT molecular complexity index is 2000. The van der Waals surface area contributed by atoms with E-state index in [1.165, 1.54) is 12.1 Å². The molecule has 0 radical (unpaired) electrons. The third kappa shape index (κ3) is 4.80. The zero-order valence-electron chi connectivity index (χ0n) is 27.1. The van der Waals surface area contributed by atoms with Crippen molar-refractivity contribution in [3.05, 3.63) is 34.4 Å². The second-order valence-corrected chi connectivity index (χ2v) is 15.3. The van der Waals surface area contributed by atoms with Crippen LogP contribution in [0.25, 0.3) is 32.1 Å². The molecule has 48 heavy (non-hydrogen) atoms. The minimum absolute atomic E-state index is 0.00201. The van der Waals surface area contributed by atoms with Crippen LogP contribution >= 0.6 is 22.9 Å². The molecule has 0 bridgehead atoms. The first kappa shape index (κ1) is 31.7. The molecule has 4 aliphatic rings. The molecule has 0 spiro atoms. The number of benzene rings is 2. The van der Waals surface area contributed by atoms with E-state index in [2.05, 4.69) is 29.7 Å². The zero-order valence-corrected chi connectivity index (χ0v) is 28.7. The van der Waals surface area contributed by atoms with E-state index in [9.17, 15) is 5.26 Å². The predicted molar refractivity (Wildman–Crippen MR) is 183 cm³/mol. The lowest BCUT2D eigenvalue weighted by molar-refractivity contribution is 0.0544. The fourth-order valence-electron chi connectivity index (χ4n) is 8.65. The van der Waals surface area contributed by atoms with Gasteiger partial charge in [0.1, 0.15) is 41.4 Å². The van der Waals surface area contributed by atoms with E-state index in [0.717, 1.165) is 56.5 Å². The first-order valence-corrected chi connectivity index (χ1v) is 17.8. The number of rotatable bonds is 6. The topological polar surface area (TPSA) is 110 Å². The van der Waals surface area contributed by atoms with Gasteiger partial charge in [-0.1, -0.05) is 24.6 Å². The molecule has 13 heteroatoms. The summed E-state index contributed by atoms with van der Waals surface area (Å²) in [5, 5.41) is 10.7. The summed E-state index contributed by atoms with van der Waals surface area (Å²) < 4.78 is 51.1. The van der Waals surface area contributed by atoms with Crippen LogP contribution in [0.5, 0.6) is 11.8 Å². The fourth-order valence-corrected chi connectivity index (χ4v) is 9.94. The Balaban J connectivity index is 1.34. The highest BCUT2D eigenvalue weighted by Gasteiger charge is 2.48. The SMILES string of the molecule is COC(C)C1CCC2COc3c(Cl)c(-c4ccc(F)c5sc(N)c(C#N)c45)c(F)c4nc(OCC56CCCN5C[C@H](C)C6)nc(c34)N2C1. The minimum atomic E-state index is -0.732. The van der Waals surface area contributed by atoms with Crippen LogP contribution in [-0.4, -0.2) is 72.5 Å². The first-order valence-electron chi connectivity index (χ1n) is 16.6. The lowest BCUT2D eigenvalue weighted by Gasteiger charge is -2.41. The van der Waals surface area contributed by atoms with Gasteiger partial charge in [0.25, 0.3) is 0 Å². The number of piperidine rings is 1. The number of nitrogens with two attached hydrogens (primary N) is 1. The molecule has 4 aromatic rings. The number of anilines is 2. The molecule has 3 saturated heterocycles. The maximum absolute atomic E-state index is 17.3. The van der Waals surface area contributed by atoms with Crippen molar-refractivity contribution in [3.8, 4) is 29.0 Å². The molecule has 252 valence electrons. The van der Waals surface area contributed by atoms with Gasteiger partial charge in [-0.2, -0.15) is 15.2 Å². The van der Waals surface area contributed by atoms with Gasteiger partial charge in [0.2, 0.25) is 0 Å². The fraction of sp³-hybridized carbons (Fsp3) is 0.514. The quantitative estimate of drug-likeness (QED) is 0.225. The van der Waals surface area contributed by atoms with Gasteiger partial charge < -0.3 is 24.8 Å². The van der Waals surface area contributed by atoms with Gasteiger partial charge in [-0.15, -0.1) is 11.3 Å². The Morgan fingerprint density at radius 1 is 1.25 bits per heavy atom. The van der Waals surface area contributed by atoms with Crippen LogP contribution in [0.4, 0.5) is 19.6 Å². The molecule has 6 heterocycles. The van der Waals surface area contributed by atoms with Crippen molar-refractivity contribution in [2.45, 2.75) is 63.6 Å². The highest BCUT2D eigenvalue weighted by Crippen LogP contribution is 2.52. The van der Waals surface area contributed by atoms with Gasteiger partial charge in [0.05, 0.1) is 38.4 Å². The Kier molecular flexibility index (Phi) is 7.82. The van der Waals surface area contributed by atoms with Gasteiger partial charge in [-0.25, -0.2) is 8.78 Å². The minimum Gasteiger partial charge on any atom is -0.489 e. The summed E-state index contributed by atoms with van der Waals surface area (Å²) >= 11 is 8.05. The number of nitriles is 1. The maximum atomic E-state index is 17.3. The molecular weight excluding hydrogens is 658 g/mol. The molecule has 3 fully saturated rings. The number of aromatic nitrogens is 2. The maximum Gasteiger partial charge on any atom is 0.319 e.